The summed E-state index contributed by atoms with van der Waals surface area (Å²) in [5.41, 5.74) is 5.35. The van der Waals surface area contributed by atoms with Gasteiger partial charge in [0.1, 0.15) is 10.7 Å². The molecule has 2 fully saturated rings. The van der Waals surface area contributed by atoms with Gasteiger partial charge in [-0.2, -0.15) is 4.31 Å². The van der Waals surface area contributed by atoms with E-state index in [4.69, 9.17) is 5.73 Å². The zero-order valence-corrected chi connectivity index (χ0v) is 12.8. The van der Waals surface area contributed by atoms with Crippen molar-refractivity contribution in [1.29, 1.82) is 0 Å². The van der Waals surface area contributed by atoms with Gasteiger partial charge in [0.05, 0.1) is 5.69 Å². The average molecular weight is 312 g/mol. The van der Waals surface area contributed by atoms with Crippen molar-refractivity contribution in [2.24, 2.45) is 11.8 Å². The van der Waals surface area contributed by atoms with Crippen molar-refractivity contribution in [3.8, 4) is 0 Å². The predicted octanol–water partition coefficient (Wildman–Crippen LogP) is 2.61. The van der Waals surface area contributed by atoms with Crippen molar-refractivity contribution < 1.29 is 12.8 Å². The zero-order chi connectivity index (χ0) is 15.0. The third-order valence-electron chi connectivity index (χ3n) is 4.88. The van der Waals surface area contributed by atoms with E-state index in [2.05, 4.69) is 0 Å². The molecule has 0 radical (unpaired) electrons. The van der Waals surface area contributed by atoms with E-state index in [1.165, 1.54) is 41.8 Å². The molecule has 2 atom stereocenters. The summed E-state index contributed by atoms with van der Waals surface area (Å²) in [6.07, 6.45) is 5.64. The Morgan fingerprint density at radius 1 is 1.14 bits per heavy atom. The van der Waals surface area contributed by atoms with E-state index >= 15 is 0 Å². The number of nitrogen functional groups attached to an aromatic ring is 1. The SMILES string of the molecule is Nc1c(F)cccc1S(=O)(=O)N1CCC2CCCCC2C1. The smallest absolute Gasteiger partial charge is 0.245 e. The number of rotatable bonds is 2. The monoisotopic (exact) mass is 312 g/mol. The highest BCUT2D eigenvalue weighted by Gasteiger charge is 2.37. The van der Waals surface area contributed by atoms with Gasteiger partial charge in [-0.1, -0.05) is 25.3 Å². The molecule has 0 bridgehead atoms. The molecular formula is C15H21FN2O2S. The Morgan fingerprint density at radius 3 is 2.62 bits per heavy atom. The third kappa shape index (κ3) is 2.66. The highest BCUT2D eigenvalue weighted by Crippen LogP contribution is 2.38. The van der Waals surface area contributed by atoms with Crippen LogP contribution in [0.25, 0.3) is 0 Å². The largest absolute Gasteiger partial charge is 0.395 e. The summed E-state index contributed by atoms with van der Waals surface area (Å²) in [6, 6.07) is 3.97. The predicted molar refractivity (Wildman–Crippen MR) is 79.6 cm³/mol. The van der Waals surface area contributed by atoms with Gasteiger partial charge in [-0.05, 0) is 36.8 Å². The molecule has 116 valence electrons. The summed E-state index contributed by atoms with van der Waals surface area (Å²) >= 11 is 0. The molecular weight excluding hydrogens is 291 g/mol. The van der Waals surface area contributed by atoms with E-state index in [9.17, 15) is 12.8 Å². The summed E-state index contributed by atoms with van der Waals surface area (Å²) in [7, 11) is -3.70. The minimum absolute atomic E-state index is 0.100. The Morgan fingerprint density at radius 2 is 1.86 bits per heavy atom. The first-order valence-corrected chi connectivity index (χ1v) is 8.98. The van der Waals surface area contributed by atoms with Crippen LogP contribution in [0.2, 0.25) is 0 Å². The molecule has 1 aromatic carbocycles. The zero-order valence-electron chi connectivity index (χ0n) is 12.0. The number of fused-ring (bicyclic) bond motifs is 1. The van der Waals surface area contributed by atoms with Crippen LogP contribution in [0.15, 0.2) is 23.1 Å². The van der Waals surface area contributed by atoms with Gasteiger partial charge in [-0.15, -0.1) is 0 Å². The number of hydrogen-bond donors (Lipinski definition) is 1. The lowest BCUT2D eigenvalue weighted by atomic mass is 9.76. The molecule has 4 nitrogen and oxygen atoms in total. The Kier molecular flexibility index (Phi) is 3.92. The van der Waals surface area contributed by atoms with Crippen LogP contribution in [0.5, 0.6) is 0 Å². The lowest BCUT2D eigenvalue weighted by Gasteiger charge is -2.40. The van der Waals surface area contributed by atoms with Gasteiger partial charge in [0.25, 0.3) is 0 Å². The van der Waals surface area contributed by atoms with Crippen LogP contribution >= 0.6 is 0 Å². The fraction of sp³-hybridized carbons (Fsp3) is 0.600. The van der Waals surface area contributed by atoms with E-state index in [0.717, 1.165) is 12.8 Å². The number of halogens is 1. The first-order valence-electron chi connectivity index (χ1n) is 7.54. The third-order valence-corrected chi connectivity index (χ3v) is 6.81. The second-order valence-corrected chi connectivity index (χ2v) is 8.01. The van der Waals surface area contributed by atoms with Crippen molar-refractivity contribution in [2.75, 3.05) is 18.8 Å². The Labute approximate surface area is 125 Å². The van der Waals surface area contributed by atoms with E-state index in [1.807, 2.05) is 0 Å². The maximum Gasteiger partial charge on any atom is 0.245 e. The molecule has 0 spiro atoms. The fourth-order valence-electron chi connectivity index (χ4n) is 3.67. The molecule has 1 saturated carbocycles. The highest BCUT2D eigenvalue weighted by atomic mass is 32.2. The van der Waals surface area contributed by atoms with Gasteiger partial charge in [0, 0.05) is 13.1 Å². The van der Waals surface area contributed by atoms with Crippen molar-refractivity contribution >= 4 is 15.7 Å². The first-order chi connectivity index (χ1) is 10.00. The summed E-state index contributed by atoms with van der Waals surface area (Å²) in [6.45, 7) is 1.06. The maximum atomic E-state index is 13.5. The molecule has 2 aliphatic rings. The first kappa shape index (κ1) is 14.8. The number of benzene rings is 1. The van der Waals surface area contributed by atoms with E-state index < -0.39 is 15.8 Å². The van der Waals surface area contributed by atoms with Crippen LogP contribution in [-0.2, 0) is 10.0 Å². The van der Waals surface area contributed by atoms with E-state index in [1.54, 1.807) is 0 Å². The van der Waals surface area contributed by atoms with Crippen LogP contribution in [0, 0.1) is 17.7 Å². The fourth-order valence-corrected chi connectivity index (χ4v) is 5.30. The van der Waals surface area contributed by atoms with Gasteiger partial charge in [-0.3, -0.25) is 0 Å². The summed E-state index contributed by atoms with van der Waals surface area (Å²) in [5.74, 6) is 0.413. The summed E-state index contributed by atoms with van der Waals surface area (Å²) in [4.78, 5) is -0.100. The van der Waals surface area contributed by atoms with Crippen LogP contribution in [-0.4, -0.2) is 25.8 Å². The average Bonchev–Trinajstić information content (AvgIpc) is 2.49. The second-order valence-electron chi connectivity index (χ2n) is 6.11. The van der Waals surface area contributed by atoms with Gasteiger partial charge < -0.3 is 5.73 Å². The van der Waals surface area contributed by atoms with Gasteiger partial charge >= 0.3 is 0 Å². The molecule has 1 heterocycles. The molecule has 0 aromatic heterocycles. The number of para-hydroxylation sites is 1. The van der Waals surface area contributed by atoms with E-state index in [-0.39, 0.29) is 10.6 Å². The molecule has 0 amide bonds. The van der Waals surface area contributed by atoms with Crippen LogP contribution in [0.1, 0.15) is 32.1 Å². The molecule has 1 aromatic rings. The van der Waals surface area contributed by atoms with Gasteiger partial charge in [0.15, 0.2) is 0 Å². The maximum absolute atomic E-state index is 13.5. The van der Waals surface area contributed by atoms with E-state index in [0.29, 0.717) is 24.9 Å². The highest BCUT2D eigenvalue weighted by molar-refractivity contribution is 7.89. The van der Waals surface area contributed by atoms with Crippen molar-refractivity contribution in [3.63, 3.8) is 0 Å². The van der Waals surface area contributed by atoms with Crippen molar-refractivity contribution in [2.45, 2.75) is 37.0 Å². The molecule has 2 unspecified atom stereocenters. The molecule has 21 heavy (non-hydrogen) atoms. The molecule has 6 heteroatoms. The van der Waals surface area contributed by atoms with Crippen LogP contribution < -0.4 is 5.73 Å². The minimum Gasteiger partial charge on any atom is -0.395 e. The van der Waals surface area contributed by atoms with Crippen molar-refractivity contribution in [1.82, 2.24) is 4.31 Å². The van der Waals surface area contributed by atoms with Crippen LogP contribution in [0.4, 0.5) is 10.1 Å². The number of hydrogen-bond acceptors (Lipinski definition) is 3. The van der Waals surface area contributed by atoms with Gasteiger partial charge in [-0.25, -0.2) is 12.8 Å². The Bertz CT molecular complexity index is 633. The van der Waals surface area contributed by atoms with Crippen molar-refractivity contribution in [3.05, 3.63) is 24.0 Å². The molecule has 1 aliphatic heterocycles. The molecule has 1 saturated heterocycles. The second kappa shape index (κ2) is 5.57. The number of anilines is 1. The number of nitrogens with two attached hydrogens (primary N) is 1. The Hall–Kier alpha value is -1.14. The molecule has 1 aliphatic carbocycles. The van der Waals surface area contributed by atoms with Crippen LogP contribution in [0.3, 0.4) is 0 Å². The standard InChI is InChI=1S/C15H21FN2O2S/c16-13-6-3-7-14(15(13)17)21(19,20)18-9-8-11-4-1-2-5-12(11)10-18/h3,6-7,11-12H,1-2,4-5,8-10,17H2. The number of sulfonamides is 1. The molecule has 2 N–H and O–H groups in total. The normalized spacial score (nSPS) is 27.3. The quantitative estimate of drug-likeness (QED) is 0.854. The summed E-state index contributed by atoms with van der Waals surface area (Å²) in [5, 5.41) is 0. The topological polar surface area (TPSA) is 63.4 Å². The number of nitrogens with zero attached hydrogens (tertiary/aromatic N) is 1. The van der Waals surface area contributed by atoms with Gasteiger partial charge in [0.2, 0.25) is 10.0 Å². The minimum atomic E-state index is -3.70. The Balaban J connectivity index is 1.87. The summed E-state index contributed by atoms with van der Waals surface area (Å²) < 4.78 is 40.5. The molecule has 3 rings (SSSR count). The lowest BCUT2D eigenvalue weighted by molar-refractivity contribution is 0.136. The number of piperidine rings is 1. The lowest BCUT2D eigenvalue weighted by Crippen LogP contribution is -2.44.